The highest BCUT2D eigenvalue weighted by Crippen LogP contribution is 2.36. The smallest absolute Gasteiger partial charge is 0.271 e. The molecule has 2 aliphatic rings. The lowest BCUT2D eigenvalue weighted by molar-refractivity contribution is -0.385. The van der Waals surface area contributed by atoms with Crippen LogP contribution in [-0.2, 0) is 10.0 Å². The fraction of sp³-hybridized carbons (Fsp3) is 0.455. The van der Waals surface area contributed by atoms with E-state index < -0.39 is 14.9 Å². The van der Waals surface area contributed by atoms with Gasteiger partial charge in [-0.2, -0.15) is 4.31 Å². The van der Waals surface area contributed by atoms with E-state index in [1.165, 1.54) is 53.9 Å². The number of nitro benzene ring substituents is 1. The monoisotopic (exact) mass is 513 g/mol. The highest BCUT2D eigenvalue weighted by molar-refractivity contribution is 7.89. The fourth-order valence-corrected chi connectivity index (χ4v) is 6.59. The van der Waals surface area contributed by atoms with Gasteiger partial charge < -0.3 is 9.64 Å². The molecule has 0 spiro atoms. The van der Waals surface area contributed by atoms with Gasteiger partial charge in [-0.15, -0.1) is 0 Å². The summed E-state index contributed by atoms with van der Waals surface area (Å²) in [5.74, 6) is 0.221. The molecule has 33 heavy (non-hydrogen) atoms. The molecule has 2 aromatic rings. The van der Waals surface area contributed by atoms with Crippen molar-refractivity contribution in [1.29, 1.82) is 0 Å². The minimum atomic E-state index is -4.02. The molecule has 2 aliphatic heterocycles. The van der Waals surface area contributed by atoms with Gasteiger partial charge in [0.05, 0.1) is 4.92 Å². The summed E-state index contributed by atoms with van der Waals surface area (Å²) in [5, 5.41) is 12.0. The molecule has 0 unspecified atom stereocenters. The van der Waals surface area contributed by atoms with Crippen molar-refractivity contribution < 1.29 is 18.1 Å². The lowest BCUT2D eigenvalue weighted by Gasteiger charge is -2.39. The van der Waals surface area contributed by atoms with E-state index in [0.717, 1.165) is 32.0 Å². The van der Waals surface area contributed by atoms with E-state index in [-0.39, 0.29) is 22.1 Å². The van der Waals surface area contributed by atoms with E-state index in [0.29, 0.717) is 29.2 Å². The van der Waals surface area contributed by atoms with Crippen molar-refractivity contribution in [3.8, 4) is 11.5 Å². The van der Waals surface area contributed by atoms with Crippen molar-refractivity contribution >= 4 is 38.9 Å². The topological polar surface area (TPSA) is 93.0 Å². The Morgan fingerprint density at radius 1 is 0.939 bits per heavy atom. The SMILES string of the molecule is O=[N+]([O-])c1ccc(Oc2cc(Cl)cc(Cl)c2)c(S(=O)(=O)N2CCC(N3CCCCC3)CC2)c1. The largest absolute Gasteiger partial charge is 0.456 e. The van der Waals surface area contributed by atoms with Crippen LogP contribution in [0.2, 0.25) is 10.0 Å². The molecule has 2 aromatic carbocycles. The zero-order valence-corrected chi connectivity index (χ0v) is 20.3. The maximum Gasteiger partial charge on any atom is 0.271 e. The van der Waals surface area contributed by atoms with E-state index in [4.69, 9.17) is 27.9 Å². The number of hydrogen-bond acceptors (Lipinski definition) is 6. The normalized spacial score (nSPS) is 18.8. The van der Waals surface area contributed by atoms with Crippen molar-refractivity contribution in [1.82, 2.24) is 9.21 Å². The van der Waals surface area contributed by atoms with Crippen molar-refractivity contribution in [2.45, 2.75) is 43.0 Å². The van der Waals surface area contributed by atoms with E-state index in [1.54, 1.807) is 0 Å². The number of non-ortho nitro benzene ring substituents is 1. The minimum absolute atomic E-state index is 0.0166. The maximum atomic E-state index is 13.5. The number of sulfonamides is 1. The summed E-state index contributed by atoms with van der Waals surface area (Å²) < 4.78 is 34.3. The van der Waals surface area contributed by atoms with Crippen molar-refractivity contribution in [2.75, 3.05) is 26.2 Å². The van der Waals surface area contributed by atoms with Gasteiger partial charge in [-0.3, -0.25) is 10.1 Å². The van der Waals surface area contributed by atoms with Crippen LogP contribution in [0.4, 0.5) is 5.69 Å². The van der Waals surface area contributed by atoms with Crippen LogP contribution < -0.4 is 4.74 Å². The van der Waals surface area contributed by atoms with E-state index >= 15 is 0 Å². The molecule has 0 N–H and O–H groups in total. The molecule has 0 aliphatic carbocycles. The van der Waals surface area contributed by atoms with Crippen LogP contribution in [0.15, 0.2) is 41.3 Å². The molecular weight excluding hydrogens is 489 g/mol. The van der Waals surface area contributed by atoms with Gasteiger partial charge in [-0.25, -0.2) is 8.42 Å². The van der Waals surface area contributed by atoms with Gasteiger partial charge in [0.15, 0.2) is 0 Å². The third kappa shape index (κ3) is 5.60. The van der Waals surface area contributed by atoms with Crippen molar-refractivity contribution in [3.05, 3.63) is 56.6 Å². The Hall–Kier alpha value is -1.91. The predicted molar refractivity (Wildman–Crippen MR) is 127 cm³/mol. The summed E-state index contributed by atoms with van der Waals surface area (Å²) >= 11 is 12.1. The maximum absolute atomic E-state index is 13.5. The number of piperidine rings is 2. The van der Waals surface area contributed by atoms with Gasteiger partial charge in [-0.05, 0) is 63.0 Å². The standard InChI is InChI=1S/C22H25Cl2N3O5S/c23-16-12-17(24)14-20(13-16)32-21-5-4-19(27(28)29)15-22(21)33(30,31)26-10-6-18(7-11-26)25-8-2-1-3-9-25/h4-5,12-15,18H,1-3,6-11H2. The number of likely N-dealkylation sites (tertiary alicyclic amines) is 1. The second-order valence-corrected chi connectivity index (χ2v) is 11.1. The Labute approximate surface area is 203 Å². The third-order valence-corrected chi connectivity index (χ3v) is 8.51. The van der Waals surface area contributed by atoms with Crippen LogP contribution in [0, 0.1) is 10.1 Å². The first-order valence-electron chi connectivity index (χ1n) is 10.9. The number of nitrogens with zero attached hydrogens (tertiary/aromatic N) is 3. The molecular formula is C22H25Cl2N3O5S. The van der Waals surface area contributed by atoms with Crippen molar-refractivity contribution in [2.24, 2.45) is 0 Å². The van der Waals surface area contributed by atoms with Crippen LogP contribution in [0.5, 0.6) is 11.5 Å². The van der Waals surface area contributed by atoms with Crippen molar-refractivity contribution in [3.63, 3.8) is 0 Å². The van der Waals surface area contributed by atoms with Crippen LogP contribution in [0.1, 0.15) is 32.1 Å². The quantitative estimate of drug-likeness (QED) is 0.382. The Morgan fingerprint density at radius 2 is 1.58 bits per heavy atom. The summed E-state index contributed by atoms with van der Waals surface area (Å²) in [6.45, 7) is 2.83. The van der Waals surface area contributed by atoms with Crippen LogP contribution in [0.3, 0.4) is 0 Å². The average molecular weight is 514 g/mol. The van der Waals surface area contributed by atoms with Crippen LogP contribution >= 0.6 is 23.2 Å². The predicted octanol–water partition coefficient (Wildman–Crippen LogP) is 5.33. The van der Waals surface area contributed by atoms with Gasteiger partial charge in [0, 0.05) is 41.3 Å². The van der Waals surface area contributed by atoms with Gasteiger partial charge in [0.2, 0.25) is 10.0 Å². The van der Waals surface area contributed by atoms with E-state index in [1.807, 2.05) is 0 Å². The first-order chi connectivity index (χ1) is 15.7. The van der Waals surface area contributed by atoms with Crippen LogP contribution in [0.25, 0.3) is 0 Å². The molecule has 0 radical (unpaired) electrons. The average Bonchev–Trinajstić information content (AvgIpc) is 2.79. The summed E-state index contributed by atoms with van der Waals surface area (Å²) in [7, 11) is -4.02. The number of ether oxygens (including phenoxy) is 1. The lowest BCUT2D eigenvalue weighted by Crippen LogP contribution is -2.48. The number of halogens is 2. The number of nitro groups is 1. The van der Waals surface area contributed by atoms with Gasteiger partial charge in [-0.1, -0.05) is 29.6 Å². The number of rotatable bonds is 6. The zero-order chi connectivity index (χ0) is 23.6. The van der Waals surface area contributed by atoms with Gasteiger partial charge in [0.1, 0.15) is 16.4 Å². The highest BCUT2D eigenvalue weighted by atomic mass is 35.5. The molecule has 2 heterocycles. The second kappa shape index (κ2) is 10.1. The molecule has 0 aromatic heterocycles. The van der Waals surface area contributed by atoms with Gasteiger partial charge in [0.25, 0.3) is 5.69 Å². The summed E-state index contributed by atoms with van der Waals surface area (Å²) in [4.78, 5) is 12.9. The molecule has 11 heteroatoms. The molecule has 0 bridgehead atoms. The first kappa shape index (κ1) is 24.2. The Balaban J connectivity index is 1.60. The summed E-state index contributed by atoms with van der Waals surface area (Å²) in [6.07, 6.45) is 5.07. The fourth-order valence-electron chi connectivity index (χ4n) is 4.48. The molecule has 0 atom stereocenters. The van der Waals surface area contributed by atoms with E-state index in [2.05, 4.69) is 4.90 Å². The van der Waals surface area contributed by atoms with Crippen LogP contribution in [-0.4, -0.2) is 54.8 Å². The second-order valence-electron chi connectivity index (χ2n) is 8.33. The minimum Gasteiger partial charge on any atom is -0.456 e. The Bertz CT molecular complexity index is 1110. The lowest BCUT2D eigenvalue weighted by atomic mass is 10.0. The number of benzene rings is 2. The summed E-state index contributed by atoms with van der Waals surface area (Å²) in [5.41, 5.74) is -0.326. The third-order valence-electron chi connectivity index (χ3n) is 6.15. The molecule has 178 valence electrons. The zero-order valence-electron chi connectivity index (χ0n) is 18.0. The molecule has 0 amide bonds. The van der Waals surface area contributed by atoms with Gasteiger partial charge >= 0.3 is 0 Å². The molecule has 2 saturated heterocycles. The summed E-state index contributed by atoms with van der Waals surface area (Å²) in [6, 6.07) is 8.43. The Morgan fingerprint density at radius 3 is 2.18 bits per heavy atom. The molecule has 4 rings (SSSR count). The van der Waals surface area contributed by atoms with E-state index in [9.17, 15) is 18.5 Å². The first-order valence-corrected chi connectivity index (χ1v) is 13.1. The molecule has 8 nitrogen and oxygen atoms in total. The number of hydrogen-bond donors (Lipinski definition) is 0. The Kier molecular flexibility index (Phi) is 7.45. The molecule has 0 saturated carbocycles. The molecule has 2 fully saturated rings. The highest BCUT2D eigenvalue weighted by Gasteiger charge is 2.34.